The molecule has 4 heteroatoms. The summed E-state index contributed by atoms with van der Waals surface area (Å²) in [5, 5.41) is 0. The lowest BCUT2D eigenvalue weighted by atomic mass is 10.4. The van der Waals surface area contributed by atoms with Crippen LogP contribution in [0.25, 0.3) is 0 Å². The van der Waals surface area contributed by atoms with E-state index in [0.717, 1.165) is 0 Å². The summed E-state index contributed by atoms with van der Waals surface area (Å²) in [5.74, 6) is -0.0669. The molecule has 12 heavy (non-hydrogen) atoms. The zero-order chi connectivity index (χ0) is 9.14. The van der Waals surface area contributed by atoms with Gasteiger partial charge in [-0.1, -0.05) is 0 Å². The third-order valence-corrected chi connectivity index (χ3v) is 1.44. The van der Waals surface area contributed by atoms with Crippen LogP contribution in [0.1, 0.15) is 6.92 Å². The molecule has 1 aromatic rings. The Kier molecular flexibility index (Phi) is 2.28. The summed E-state index contributed by atoms with van der Waals surface area (Å²) in [4.78, 5) is 21.9. The number of Topliss-reactive ketones (excluding diaryl/α,β-unsaturated/α-hetero) is 1. The average molecular weight is 166 g/mol. The number of nitrogens with two attached hydrogens (primary N) is 1. The van der Waals surface area contributed by atoms with Crippen LogP contribution in [0.5, 0.6) is 0 Å². The largest absolute Gasteiger partial charge is 0.394 e. The Morgan fingerprint density at radius 1 is 1.67 bits per heavy atom. The van der Waals surface area contributed by atoms with E-state index in [-0.39, 0.29) is 23.6 Å². The summed E-state index contributed by atoms with van der Waals surface area (Å²) in [6, 6.07) is 3.15. The molecule has 0 radical (unpaired) electrons. The highest BCUT2D eigenvalue weighted by Crippen LogP contribution is 1.91. The summed E-state index contributed by atoms with van der Waals surface area (Å²) in [7, 11) is 0. The molecule has 2 N–H and O–H groups in total. The fourth-order valence-electron chi connectivity index (χ4n) is 0.920. The van der Waals surface area contributed by atoms with Gasteiger partial charge in [-0.15, -0.1) is 0 Å². The number of nitrogen functional groups attached to an aromatic ring is 1. The van der Waals surface area contributed by atoms with E-state index in [4.69, 9.17) is 5.73 Å². The normalized spacial score (nSPS) is 9.75. The molecule has 4 nitrogen and oxygen atoms in total. The van der Waals surface area contributed by atoms with Crippen molar-refractivity contribution in [1.82, 2.24) is 4.57 Å². The van der Waals surface area contributed by atoms with Gasteiger partial charge < -0.3 is 10.3 Å². The second kappa shape index (κ2) is 3.21. The van der Waals surface area contributed by atoms with Crippen LogP contribution in [0.2, 0.25) is 0 Å². The standard InChI is InChI=1S/C8H10N2O2/c1-6(11)5-10-4-2-3-7(9)8(10)12/h2-4H,5,9H2,1H3. The zero-order valence-electron chi connectivity index (χ0n) is 6.78. The van der Waals surface area contributed by atoms with Gasteiger partial charge in [-0.05, 0) is 19.1 Å². The first-order chi connectivity index (χ1) is 5.61. The Balaban J connectivity index is 3.09. The van der Waals surface area contributed by atoms with Gasteiger partial charge in [-0.3, -0.25) is 9.59 Å². The molecule has 0 aliphatic rings. The van der Waals surface area contributed by atoms with Crippen LogP contribution >= 0.6 is 0 Å². The smallest absolute Gasteiger partial charge is 0.274 e. The van der Waals surface area contributed by atoms with Crippen molar-refractivity contribution in [3.63, 3.8) is 0 Å². The van der Waals surface area contributed by atoms with Crippen LogP contribution in [0.15, 0.2) is 23.1 Å². The fourth-order valence-corrected chi connectivity index (χ4v) is 0.920. The molecule has 0 saturated heterocycles. The lowest BCUT2D eigenvalue weighted by molar-refractivity contribution is -0.117. The molecular formula is C8H10N2O2. The number of anilines is 1. The highest BCUT2D eigenvalue weighted by atomic mass is 16.1. The van der Waals surface area contributed by atoms with Gasteiger partial charge in [0.15, 0.2) is 0 Å². The molecule has 0 aliphatic carbocycles. The van der Waals surface area contributed by atoms with Crippen molar-refractivity contribution >= 4 is 11.5 Å². The maximum absolute atomic E-state index is 11.2. The molecule has 0 bridgehead atoms. The molecule has 0 fully saturated rings. The number of aromatic nitrogens is 1. The molecule has 0 amide bonds. The average Bonchev–Trinajstić information content (AvgIpc) is 1.98. The number of rotatable bonds is 2. The Bertz CT molecular complexity index is 354. The minimum absolute atomic E-state index is 0.0669. The SMILES string of the molecule is CC(=O)Cn1cccc(N)c1=O. The molecule has 0 unspecified atom stereocenters. The molecule has 1 heterocycles. The molecule has 64 valence electrons. The number of carbonyl (C=O) groups excluding carboxylic acids is 1. The molecule has 0 spiro atoms. The Hall–Kier alpha value is -1.58. The predicted molar refractivity (Wildman–Crippen MR) is 45.8 cm³/mol. The van der Waals surface area contributed by atoms with Crippen molar-refractivity contribution in [3.05, 3.63) is 28.7 Å². The van der Waals surface area contributed by atoms with Crippen LogP contribution in [-0.4, -0.2) is 10.4 Å². The number of nitrogens with zero attached hydrogens (tertiary/aromatic N) is 1. The van der Waals surface area contributed by atoms with Crippen LogP contribution in [-0.2, 0) is 11.3 Å². The number of hydrogen-bond acceptors (Lipinski definition) is 3. The first-order valence-electron chi connectivity index (χ1n) is 3.55. The predicted octanol–water partition coefficient (Wildman–Crippen LogP) is 0.0195. The molecule has 0 saturated carbocycles. The Labute approximate surface area is 69.6 Å². The van der Waals surface area contributed by atoms with Gasteiger partial charge >= 0.3 is 0 Å². The topological polar surface area (TPSA) is 65.1 Å². The molecule has 1 aromatic heterocycles. The summed E-state index contributed by atoms with van der Waals surface area (Å²) in [5.41, 5.74) is 5.20. The highest BCUT2D eigenvalue weighted by Gasteiger charge is 2.00. The van der Waals surface area contributed by atoms with Crippen molar-refractivity contribution in [2.24, 2.45) is 0 Å². The summed E-state index contributed by atoms with van der Waals surface area (Å²) in [6.07, 6.45) is 1.54. The lowest BCUT2D eigenvalue weighted by Crippen LogP contribution is -2.24. The van der Waals surface area contributed by atoms with Gasteiger partial charge in [0.05, 0.1) is 12.2 Å². The van der Waals surface area contributed by atoms with E-state index >= 15 is 0 Å². The van der Waals surface area contributed by atoms with Gasteiger partial charge in [0, 0.05) is 6.20 Å². The van der Waals surface area contributed by atoms with Gasteiger partial charge in [0.25, 0.3) is 5.56 Å². The third kappa shape index (κ3) is 1.72. The van der Waals surface area contributed by atoms with Crippen molar-refractivity contribution in [2.75, 3.05) is 5.73 Å². The van der Waals surface area contributed by atoms with Crippen molar-refractivity contribution in [1.29, 1.82) is 0 Å². The maximum atomic E-state index is 11.2. The van der Waals surface area contributed by atoms with Crippen molar-refractivity contribution < 1.29 is 4.79 Å². The van der Waals surface area contributed by atoms with Gasteiger partial charge in [0.2, 0.25) is 0 Å². The van der Waals surface area contributed by atoms with Gasteiger partial charge in [0.1, 0.15) is 5.78 Å². The van der Waals surface area contributed by atoms with E-state index in [9.17, 15) is 9.59 Å². The molecule has 0 aliphatic heterocycles. The first kappa shape index (κ1) is 8.52. The number of ketones is 1. The van der Waals surface area contributed by atoms with Crippen molar-refractivity contribution in [2.45, 2.75) is 13.5 Å². The van der Waals surface area contributed by atoms with E-state index in [1.54, 1.807) is 12.3 Å². The van der Waals surface area contributed by atoms with Crippen molar-refractivity contribution in [3.8, 4) is 0 Å². The quantitative estimate of drug-likeness (QED) is 0.673. The maximum Gasteiger partial charge on any atom is 0.274 e. The van der Waals surface area contributed by atoms with Crippen LogP contribution in [0.4, 0.5) is 5.69 Å². The van der Waals surface area contributed by atoms with Gasteiger partial charge in [-0.25, -0.2) is 0 Å². The highest BCUT2D eigenvalue weighted by molar-refractivity contribution is 5.75. The minimum Gasteiger partial charge on any atom is -0.394 e. The van der Waals surface area contributed by atoms with E-state index in [2.05, 4.69) is 0 Å². The minimum atomic E-state index is -0.312. The number of pyridine rings is 1. The monoisotopic (exact) mass is 166 g/mol. The summed E-state index contributed by atoms with van der Waals surface area (Å²) < 4.78 is 1.29. The Morgan fingerprint density at radius 3 is 2.92 bits per heavy atom. The second-order valence-electron chi connectivity index (χ2n) is 2.60. The van der Waals surface area contributed by atoms with Crippen LogP contribution in [0.3, 0.4) is 0 Å². The van der Waals surface area contributed by atoms with E-state index in [1.165, 1.54) is 17.6 Å². The fraction of sp³-hybridized carbons (Fsp3) is 0.250. The van der Waals surface area contributed by atoms with Crippen LogP contribution in [0, 0.1) is 0 Å². The second-order valence-corrected chi connectivity index (χ2v) is 2.60. The molecular weight excluding hydrogens is 156 g/mol. The van der Waals surface area contributed by atoms with Crippen LogP contribution < -0.4 is 11.3 Å². The zero-order valence-corrected chi connectivity index (χ0v) is 6.78. The first-order valence-corrected chi connectivity index (χ1v) is 3.55. The molecule has 1 rings (SSSR count). The van der Waals surface area contributed by atoms with E-state index < -0.39 is 0 Å². The molecule has 0 aromatic carbocycles. The summed E-state index contributed by atoms with van der Waals surface area (Å²) in [6.45, 7) is 1.51. The van der Waals surface area contributed by atoms with E-state index in [0.29, 0.717) is 0 Å². The number of hydrogen-bond donors (Lipinski definition) is 1. The molecule has 0 atom stereocenters. The third-order valence-electron chi connectivity index (χ3n) is 1.44. The van der Waals surface area contributed by atoms with Gasteiger partial charge in [-0.2, -0.15) is 0 Å². The summed E-state index contributed by atoms with van der Waals surface area (Å²) >= 11 is 0. The Morgan fingerprint density at radius 2 is 2.33 bits per heavy atom. The van der Waals surface area contributed by atoms with E-state index in [1.807, 2.05) is 0 Å². The number of carbonyl (C=O) groups is 1. The lowest BCUT2D eigenvalue weighted by Gasteiger charge is -2.01.